The Labute approximate surface area is 96.8 Å². The van der Waals surface area contributed by atoms with Crippen LogP contribution in [0.2, 0.25) is 0 Å². The third kappa shape index (κ3) is 2.37. The minimum absolute atomic E-state index is 0.0777. The Bertz CT molecular complexity index is 452. The van der Waals surface area contributed by atoms with Crippen molar-refractivity contribution in [3.05, 3.63) is 29.3 Å². The molecule has 1 aliphatic heterocycles. The number of hydrogen-bond acceptors (Lipinski definition) is 2. The summed E-state index contributed by atoms with van der Waals surface area (Å²) in [6.07, 6.45) is 1.70. The van der Waals surface area contributed by atoms with Crippen LogP contribution >= 0.6 is 0 Å². The average molecular weight is 215 g/mol. The second-order valence-corrected chi connectivity index (χ2v) is 4.70. The summed E-state index contributed by atoms with van der Waals surface area (Å²) in [4.78, 5) is 0. The summed E-state index contributed by atoms with van der Waals surface area (Å²) < 4.78 is 5.81. The van der Waals surface area contributed by atoms with Gasteiger partial charge >= 0.3 is 0 Å². The Hall–Kier alpha value is -1.46. The van der Waals surface area contributed by atoms with Crippen LogP contribution in [0.3, 0.4) is 0 Å². The minimum Gasteiger partial charge on any atom is -0.487 e. The fraction of sp³-hybridized carbons (Fsp3) is 0.429. The molecule has 2 nitrogen and oxygen atoms in total. The molecule has 0 radical (unpaired) electrons. The van der Waals surface area contributed by atoms with E-state index >= 15 is 0 Å². The Morgan fingerprint density at radius 3 is 3.00 bits per heavy atom. The molecule has 0 saturated heterocycles. The highest BCUT2D eigenvalue weighted by molar-refractivity contribution is 5.47. The highest BCUT2D eigenvalue weighted by Crippen LogP contribution is 2.34. The van der Waals surface area contributed by atoms with Crippen LogP contribution in [0.25, 0.3) is 0 Å². The van der Waals surface area contributed by atoms with Crippen LogP contribution in [-0.4, -0.2) is 12.1 Å². The van der Waals surface area contributed by atoms with Crippen molar-refractivity contribution in [3.8, 4) is 17.6 Å². The van der Waals surface area contributed by atoms with Gasteiger partial charge in [0, 0.05) is 24.9 Å². The van der Waals surface area contributed by atoms with Gasteiger partial charge in [-0.2, -0.15) is 0 Å². The molecule has 0 aromatic heterocycles. The molecular weight excluding hydrogens is 198 g/mol. The van der Waals surface area contributed by atoms with E-state index in [0.717, 1.165) is 24.2 Å². The molecule has 1 aliphatic rings. The molecule has 1 aromatic carbocycles. The van der Waals surface area contributed by atoms with E-state index in [-0.39, 0.29) is 5.60 Å². The van der Waals surface area contributed by atoms with E-state index in [4.69, 9.17) is 10.5 Å². The van der Waals surface area contributed by atoms with Gasteiger partial charge in [0.2, 0.25) is 0 Å². The standard InChI is InChI=1S/C14H17NO/c1-14(2)10-12-9-11(5-3-4-8-15)6-7-13(12)16-14/h6-7,9H,4,8,10,15H2,1-2H3. The van der Waals surface area contributed by atoms with Crippen LogP contribution in [0.4, 0.5) is 0 Å². The highest BCUT2D eigenvalue weighted by Gasteiger charge is 2.29. The highest BCUT2D eigenvalue weighted by atomic mass is 16.5. The molecule has 16 heavy (non-hydrogen) atoms. The van der Waals surface area contributed by atoms with Gasteiger partial charge in [-0.1, -0.05) is 11.8 Å². The zero-order valence-corrected chi connectivity index (χ0v) is 9.84. The molecule has 0 aliphatic carbocycles. The van der Waals surface area contributed by atoms with E-state index in [1.165, 1.54) is 5.56 Å². The quantitative estimate of drug-likeness (QED) is 0.728. The van der Waals surface area contributed by atoms with Crippen molar-refractivity contribution in [2.45, 2.75) is 32.3 Å². The first kappa shape index (κ1) is 11.0. The van der Waals surface area contributed by atoms with Crippen molar-refractivity contribution in [2.24, 2.45) is 5.73 Å². The number of nitrogens with two attached hydrogens (primary N) is 1. The Morgan fingerprint density at radius 1 is 1.44 bits per heavy atom. The third-order valence-electron chi connectivity index (χ3n) is 2.56. The topological polar surface area (TPSA) is 35.2 Å². The van der Waals surface area contributed by atoms with E-state index in [1.54, 1.807) is 0 Å². The molecule has 0 fully saturated rings. The monoisotopic (exact) mass is 215 g/mol. The normalized spacial score (nSPS) is 15.9. The maximum atomic E-state index is 5.81. The summed E-state index contributed by atoms with van der Waals surface area (Å²) in [5.41, 5.74) is 7.62. The largest absolute Gasteiger partial charge is 0.487 e. The summed E-state index contributed by atoms with van der Waals surface area (Å²) in [7, 11) is 0. The van der Waals surface area contributed by atoms with Crippen LogP contribution in [0, 0.1) is 11.8 Å². The fourth-order valence-corrected chi connectivity index (χ4v) is 1.92. The van der Waals surface area contributed by atoms with Crippen LogP contribution in [0.15, 0.2) is 18.2 Å². The maximum Gasteiger partial charge on any atom is 0.123 e. The van der Waals surface area contributed by atoms with Crippen molar-refractivity contribution < 1.29 is 4.74 Å². The molecule has 2 rings (SSSR count). The fourth-order valence-electron chi connectivity index (χ4n) is 1.92. The van der Waals surface area contributed by atoms with E-state index in [2.05, 4.69) is 31.8 Å². The lowest BCUT2D eigenvalue weighted by Gasteiger charge is -2.16. The molecule has 2 heteroatoms. The van der Waals surface area contributed by atoms with Crippen LogP contribution in [0.1, 0.15) is 31.4 Å². The zero-order valence-electron chi connectivity index (χ0n) is 9.84. The molecule has 1 aromatic rings. The number of fused-ring (bicyclic) bond motifs is 1. The van der Waals surface area contributed by atoms with Crippen LogP contribution < -0.4 is 10.5 Å². The number of rotatable bonds is 1. The van der Waals surface area contributed by atoms with Crippen molar-refractivity contribution in [2.75, 3.05) is 6.54 Å². The summed E-state index contributed by atoms with van der Waals surface area (Å²) in [5, 5.41) is 0. The summed E-state index contributed by atoms with van der Waals surface area (Å²) in [6.45, 7) is 4.83. The van der Waals surface area contributed by atoms with Crippen molar-refractivity contribution in [3.63, 3.8) is 0 Å². The van der Waals surface area contributed by atoms with E-state index in [1.807, 2.05) is 12.1 Å². The van der Waals surface area contributed by atoms with Crippen LogP contribution in [-0.2, 0) is 6.42 Å². The van der Waals surface area contributed by atoms with E-state index in [9.17, 15) is 0 Å². The van der Waals surface area contributed by atoms with Crippen LogP contribution in [0.5, 0.6) is 5.75 Å². The Balaban J connectivity index is 2.20. The zero-order chi connectivity index (χ0) is 11.6. The van der Waals surface area contributed by atoms with Gasteiger partial charge in [-0.3, -0.25) is 0 Å². The van der Waals surface area contributed by atoms with Gasteiger partial charge in [-0.15, -0.1) is 0 Å². The lowest BCUT2D eigenvalue weighted by molar-refractivity contribution is 0.138. The van der Waals surface area contributed by atoms with Gasteiger partial charge < -0.3 is 10.5 Å². The SMILES string of the molecule is CC1(C)Cc2cc(C#CCCN)ccc2O1. The number of hydrogen-bond donors (Lipinski definition) is 1. The first-order valence-corrected chi connectivity index (χ1v) is 5.62. The van der Waals surface area contributed by atoms with Gasteiger partial charge in [0.15, 0.2) is 0 Å². The van der Waals surface area contributed by atoms with Gasteiger partial charge in [-0.25, -0.2) is 0 Å². The minimum atomic E-state index is -0.0777. The van der Waals surface area contributed by atoms with Gasteiger partial charge in [-0.05, 0) is 37.6 Å². The first-order chi connectivity index (χ1) is 7.61. The summed E-state index contributed by atoms with van der Waals surface area (Å²) in [5.74, 6) is 7.16. The molecule has 2 N–H and O–H groups in total. The lowest BCUT2D eigenvalue weighted by Crippen LogP contribution is -2.24. The number of benzene rings is 1. The molecule has 0 saturated carbocycles. The van der Waals surface area contributed by atoms with Gasteiger partial charge in [0.25, 0.3) is 0 Å². The molecule has 1 heterocycles. The number of ether oxygens (including phenoxy) is 1. The van der Waals surface area contributed by atoms with Crippen molar-refractivity contribution >= 4 is 0 Å². The average Bonchev–Trinajstić information content (AvgIpc) is 2.51. The molecular formula is C14H17NO. The maximum absolute atomic E-state index is 5.81. The van der Waals surface area contributed by atoms with Gasteiger partial charge in [0.1, 0.15) is 11.4 Å². The third-order valence-corrected chi connectivity index (χ3v) is 2.56. The molecule has 0 bridgehead atoms. The van der Waals surface area contributed by atoms with Gasteiger partial charge in [0.05, 0.1) is 0 Å². The second-order valence-electron chi connectivity index (χ2n) is 4.70. The predicted octanol–water partition coefficient (Wildman–Crippen LogP) is 2.10. The lowest BCUT2D eigenvalue weighted by atomic mass is 10.0. The Kier molecular flexibility index (Phi) is 2.89. The molecule has 0 atom stereocenters. The smallest absolute Gasteiger partial charge is 0.123 e. The molecule has 0 amide bonds. The van der Waals surface area contributed by atoms with E-state index in [0.29, 0.717) is 6.54 Å². The Morgan fingerprint density at radius 2 is 2.25 bits per heavy atom. The van der Waals surface area contributed by atoms with E-state index < -0.39 is 0 Å². The first-order valence-electron chi connectivity index (χ1n) is 5.62. The molecule has 0 spiro atoms. The van der Waals surface area contributed by atoms with Crippen molar-refractivity contribution in [1.29, 1.82) is 0 Å². The molecule has 0 unspecified atom stereocenters. The summed E-state index contributed by atoms with van der Waals surface area (Å²) in [6, 6.07) is 6.13. The molecule has 84 valence electrons. The second kappa shape index (κ2) is 4.19. The van der Waals surface area contributed by atoms with Crippen molar-refractivity contribution in [1.82, 2.24) is 0 Å². The predicted molar refractivity (Wildman–Crippen MR) is 65.4 cm³/mol. The summed E-state index contributed by atoms with van der Waals surface area (Å²) >= 11 is 0.